The maximum absolute atomic E-state index is 14.5. The van der Waals surface area contributed by atoms with E-state index in [1.165, 1.54) is 6.08 Å². The average Bonchev–Trinajstić information content (AvgIpc) is 3.39. The van der Waals surface area contributed by atoms with Gasteiger partial charge in [-0.3, -0.25) is 24.0 Å². The molecule has 0 spiro atoms. The van der Waals surface area contributed by atoms with Crippen molar-refractivity contribution in [2.75, 3.05) is 13.1 Å². The van der Waals surface area contributed by atoms with Crippen LogP contribution in [0.4, 0.5) is 0 Å². The molecule has 2 aromatic carbocycles. The Morgan fingerprint density at radius 1 is 0.978 bits per heavy atom. The second kappa shape index (κ2) is 13.4. The van der Waals surface area contributed by atoms with E-state index in [9.17, 15) is 24.0 Å². The third-order valence-corrected chi connectivity index (χ3v) is 9.95. The van der Waals surface area contributed by atoms with E-state index >= 15 is 0 Å². The Kier molecular flexibility index (Phi) is 9.56. The fraction of sp³-hybridized carbons (Fsp3) is 0.472. The molecule has 5 atom stereocenters. The van der Waals surface area contributed by atoms with Gasteiger partial charge in [-0.15, -0.1) is 6.58 Å². The number of nitrogens with zero attached hydrogens (tertiary/aromatic N) is 1. The number of fused-ring (bicyclic) bond motifs is 2. The van der Waals surface area contributed by atoms with Crippen LogP contribution in [0.2, 0.25) is 0 Å². The molecular formula is C36H44N4O5. The number of nitrogens with one attached hydrogen (secondary N) is 3. The molecule has 238 valence electrons. The molecule has 0 bridgehead atoms. The van der Waals surface area contributed by atoms with E-state index in [4.69, 9.17) is 0 Å². The Morgan fingerprint density at radius 3 is 2.24 bits per heavy atom. The standard InChI is InChI=1S/C36H44N4O5/c1-5-12-27(32(42)34(44)37-17-6-2)38-33(43)31-29-26(36(29,3)4)21-40(31)35(45)30(25-19-23-15-10-11-16-24(23)20-25)39-28(41)18-22-13-8-7-9-14-22/h6-11,13-16,25-27,29-31H,2,5,12,17-21H2,1,3-4H3,(H,37,44)(H,38,43)(H,39,41)/t26-,27?,29-,30+,31+/m1/s1. The molecule has 1 saturated heterocycles. The van der Waals surface area contributed by atoms with Crippen molar-refractivity contribution in [2.45, 2.75) is 71.0 Å². The smallest absolute Gasteiger partial charge is 0.289 e. The highest BCUT2D eigenvalue weighted by atomic mass is 16.2. The molecule has 1 saturated carbocycles. The number of rotatable bonds is 13. The Labute approximate surface area is 265 Å². The fourth-order valence-corrected chi connectivity index (χ4v) is 7.43. The van der Waals surface area contributed by atoms with Gasteiger partial charge in [0, 0.05) is 13.1 Å². The first-order chi connectivity index (χ1) is 21.6. The van der Waals surface area contributed by atoms with Crippen LogP contribution in [0.1, 0.15) is 50.3 Å². The Bertz CT molecular complexity index is 1450. The largest absolute Gasteiger partial charge is 0.346 e. The number of hydrogen-bond acceptors (Lipinski definition) is 5. The second-order valence-corrected chi connectivity index (χ2v) is 13.2. The fourth-order valence-electron chi connectivity index (χ4n) is 7.43. The lowest BCUT2D eigenvalue weighted by Crippen LogP contribution is -2.59. The van der Waals surface area contributed by atoms with Crippen LogP contribution in [0.15, 0.2) is 67.3 Å². The summed E-state index contributed by atoms with van der Waals surface area (Å²) in [6.45, 7) is 10.2. The number of piperidine rings is 1. The highest BCUT2D eigenvalue weighted by Gasteiger charge is 2.69. The van der Waals surface area contributed by atoms with Crippen molar-refractivity contribution >= 4 is 29.4 Å². The van der Waals surface area contributed by atoms with Gasteiger partial charge in [0.2, 0.25) is 23.5 Å². The first-order valence-corrected chi connectivity index (χ1v) is 16.0. The van der Waals surface area contributed by atoms with Gasteiger partial charge in [-0.25, -0.2) is 0 Å². The molecule has 0 aromatic heterocycles. The molecule has 3 aliphatic rings. The third-order valence-electron chi connectivity index (χ3n) is 9.95. The number of hydrogen-bond donors (Lipinski definition) is 3. The predicted octanol–water partition coefficient (Wildman–Crippen LogP) is 2.77. The van der Waals surface area contributed by atoms with Gasteiger partial charge in [0.1, 0.15) is 12.1 Å². The van der Waals surface area contributed by atoms with E-state index in [-0.39, 0.29) is 47.9 Å². The molecular weight excluding hydrogens is 568 g/mol. The van der Waals surface area contributed by atoms with Gasteiger partial charge in [0.25, 0.3) is 5.91 Å². The summed E-state index contributed by atoms with van der Waals surface area (Å²) in [5.74, 6) is -2.59. The molecule has 9 heteroatoms. The first-order valence-electron chi connectivity index (χ1n) is 16.0. The van der Waals surface area contributed by atoms with Crippen LogP contribution < -0.4 is 16.0 Å². The molecule has 1 heterocycles. The summed E-state index contributed by atoms with van der Waals surface area (Å²) in [6, 6.07) is 14.8. The summed E-state index contributed by atoms with van der Waals surface area (Å²) in [6.07, 6.45) is 3.79. The first kappa shape index (κ1) is 32.1. The van der Waals surface area contributed by atoms with Gasteiger partial charge in [0.05, 0.1) is 12.5 Å². The molecule has 0 radical (unpaired) electrons. The van der Waals surface area contributed by atoms with Crippen molar-refractivity contribution in [2.24, 2.45) is 23.2 Å². The summed E-state index contributed by atoms with van der Waals surface area (Å²) in [5, 5.41) is 8.40. The number of likely N-dealkylation sites (tertiary alicyclic amines) is 1. The number of amides is 4. The molecule has 1 unspecified atom stereocenters. The molecule has 2 fully saturated rings. The van der Waals surface area contributed by atoms with Crippen molar-refractivity contribution in [1.82, 2.24) is 20.9 Å². The molecule has 1 aliphatic heterocycles. The van der Waals surface area contributed by atoms with E-state index in [0.717, 1.165) is 16.7 Å². The van der Waals surface area contributed by atoms with Crippen LogP contribution in [-0.4, -0.2) is 65.5 Å². The zero-order chi connectivity index (χ0) is 32.3. The van der Waals surface area contributed by atoms with E-state index in [2.05, 4.69) is 48.5 Å². The van der Waals surface area contributed by atoms with Crippen LogP contribution in [0.25, 0.3) is 0 Å². The lowest BCUT2D eigenvalue weighted by Gasteiger charge is -2.35. The van der Waals surface area contributed by atoms with Gasteiger partial charge in [-0.05, 0) is 59.1 Å². The summed E-state index contributed by atoms with van der Waals surface area (Å²) >= 11 is 0. The summed E-state index contributed by atoms with van der Waals surface area (Å²) in [5.41, 5.74) is 3.02. The van der Waals surface area contributed by atoms with Gasteiger partial charge < -0.3 is 20.9 Å². The molecule has 5 rings (SSSR count). The predicted molar refractivity (Wildman–Crippen MR) is 171 cm³/mol. The number of Topliss-reactive ketones (excluding diaryl/α,β-unsaturated/α-hetero) is 1. The summed E-state index contributed by atoms with van der Waals surface area (Å²) < 4.78 is 0. The van der Waals surface area contributed by atoms with E-state index < -0.39 is 35.7 Å². The van der Waals surface area contributed by atoms with Gasteiger partial charge in [-0.1, -0.05) is 87.9 Å². The van der Waals surface area contributed by atoms with Crippen molar-refractivity contribution in [3.05, 3.63) is 83.9 Å². The third kappa shape index (κ3) is 6.72. The minimum atomic E-state index is -1.00. The molecule has 3 N–H and O–H groups in total. The van der Waals surface area contributed by atoms with Gasteiger partial charge >= 0.3 is 0 Å². The lowest BCUT2D eigenvalue weighted by molar-refractivity contribution is -0.145. The lowest BCUT2D eigenvalue weighted by atomic mass is 9.93. The maximum Gasteiger partial charge on any atom is 0.289 e. The molecule has 2 aliphatic carbocycles. The molecule has 9 nitrogen and oxygen atoms in total. The summed E-state index contributed by atoms with van der Waals surface area (Å²) in [4.78, 5) is 69.0. The van der Waals surface area contributed by atoms with Crippen LogP contribution in [-0.2, 0) is 43.2 Å². The average molecular weight is 613 g/mol. The summed E-state index contributed by atoms with van der Waals surface area (Å²) in [7, 11) is 0. The van der Waals surface area contributed by atoms with Crippen molar-refractivity contribution in [3.8, 4) is 0 Å². The van der Waals surface area contributed by atoms with Crippen LogP contribution in [0.3, 0.4) is 0 Å². The normalized spacial score (nSPS) is 22.4. The SMILES string of the molecule is C=CCNC(=O)C(=O)C(CCC)NC(=O)[C@@H]1[C@H]2[C@@H](CN1C(=O)[C@@H](NC(=O)Cc1ccccc1)C1Cc3ccccc3C1)C2(C)C. The van der Waals surface area contributed by atoms with Gasteiger partial charge in [0.15, 0.2) is 0 Å². The second-order valence-electron chi connectivity index (χ2n) is 13.2. The number of benzene rings is 2. The zero-order valence-corrected chi connectivity index (χ0v) is 26.4. The zero-order valence-electron chi connectivity index (χ0n) is 26.4. The number of carbonyl (C=O) groups excluding carboxylic acids is 5. The maximum atomic E-state index is 14.5. The Hall–Kier alpha value is -4.27. The molecule has 45 heavy (non-hydrogen) atoms. The van der Waals surface area contributed by atoms with Crippen LogP contribution in [0, 0.1) is 23.2 Å². The van der Waals surface area contributed by atoms with Crippen LogP contribution in [0.5, 0.6) is 0 Å². The van der Waals surface area contributed by atoms with E-state index in [1.807, 2.05) is 49.4 Å². The van der Waals surface area contributed by atoms with E-state index in [1.54, 1.807) is 4.90 Å². The number of carbonyl (C=O) groups is 5. The van der Waals surface area contributed by atoms with Crippen molar-refractivity contribution in [3.63, 3.8) is 0 Å². The topological polar surface area (TPSA) is 125 Å². The number of ketones is 1. The van der Waals surface area contributed by atoms with Crippen molar-refractivity contribution in [1.29, 1.82) is 0 Å². The van der Waals surface area contributed by atoms with Crippen molar-refractivity contribution < 1.29 is 24.0 Å². The minimum absolute atomic E-state index is 0.0881. The van der Waals surface area contributed by atoms with Gasteiger partial charge in [-0.2, -0.15) is 0 Å². The minimum Gasteiger partial charge on any atom is -0.346 e. The quantitative estimate of drug-likeness (QED) is 0.237. The Balaban J connectivity index is 1.38. The molecule has 2 aromatic rings. The van der Waals surface area contributed by atoms with Crippen LogP contribution >= 0.6 is 0 Å². The monoisotopic (exact) mass is 612 g/mol. The van der Waals surface area contributed by atoms with E-state index in [0.29, 0.717) is 32.2 Å². The molecule has 4 amide bonds. The Morgan fingerprint density at radius 2 is 1.62 bits per heavy atom. The highest BCUT2D eigenvalue weighted by Crippen LogP contribution is 2.65. The highest BCUT2D eigenvalue weighted by molar-refractivity contribution is 6.38.